The zero-order chi connectivity index (χ0) is 9.42. The Hall–Kier alpha value is -0.840. The third kappa shape index (κ3) is 1.75. The Morgan fingerprint density at radius 3 is 2.92 bits per heavy atom. The zero-order valence-electron chi connectivity index (χ0n) is 7.29. The van der Waals surface area contributed by atoms with Crippen molar-refractivity contribution < 1.29 is 0 Å². The van der Waals surface area contributed by atoms with Gasteiger partial charge < -0.3 is 11.1 Å². The standard InChI is InChI=1S/C8H11BrN4/c1-4-2-5(4)13-8-6(9)7(10)11-3-12-8/h3-5H,2H2,1H3,(H3,10,11,12,13). The molecule has 1 aliphatic carbocycles. The second-order valence-corrected chi connectivity index (χ2v) is 4.18. The van der Waals surface area contributed by atoms with Crippen molar-refractivity contribution in [2.24, 2.45) is 5.92 Å². The minimum absolute atomic E-state index is 0.478. The highest BCUT2D eigenvalue weighted by molar-refractivity contribution is 9.10. The number of hydrogen-bond acceptors (Lipinski definition) is 4. The van der Waals surface area contributed by atoms with Crippen LogP contribution in [0.1, 0.15) is 13.3 Å². The maximum Gasteiger partial charge on any atom is 0.146 e. The van der Waals surface area contributed by atoms with E-state index in [1.807, 2.05) is 0 Å². The van der Waals surface area contributed by atoms with E-state index in [1.165, 1.54) is 12.7 Å². The fourth-order valence-corrected chi connectivity index (χ4v) is 1.50. The maximum atomic E-state index is 5.61. The van der Waals surface area contributed by atoms with Crippen LogP contribution in [0.25, 0.3) is 0 Å². The number of nitrogens with two attached hydrogens (primary N) is 1. The average molecular weight is 243 g/mol. The summed E-state index contributed by atoms with van der Waals surface area (Å²) in [4.78, 5) is 7.97. The van der Waals surface area contributed by atoms with Crippen molar-refractivity contribution in [2.75, 3.05) is 11.1 Å². The summed E-state index contributed by atoms with van der Waals surface area (Å²) in [5.41, 5.74) is 5.61. The second kappa shape index (κ2) is 3.14. The van der Waals surface area contributed by atoms with Gasteiger partial charge in [-0.1, -0.05) is 6.92 Å². The summed E-state index contributed by atoms with van der Waals surface area (Å²) >= 11 is 3.34. The Bertz CT molecular complexity index is 328. The minimum atomic E-state index is 0.478. The Morgan fingerprint density at radius 2 is 2.31 bits per heavy atom. The van der Waals surface area contributed by atoms with Crippen LogP contribution in [0.5, 0.6) is 0 Å². The Balaban J connectivity index is 2.15. The summed E-state index contributed by atoms with van der Waals surface area (Å²) in [6, 6.07) is 0.547. The summed E-state index contributed by atoms with van der Waals surface area (Å²) in [6.07, 6.45) is 2.67. The summed E-state index contributed by atoms with van der Waals surface area (Å²) in [5.74, 6) is 2.01. The quantitative estimate of drug-likeness (QED) is 0.828. The van der Waals surface area contributed by atoms with E-state index in [-0.39, 0.29) is 0 Å². The van der Waals surface area contributed by atoms with Gasteiger partial charge in [0.2, 0.25) is 0 Å². The van der Waals surface area contributed by atoms with Crippen molar-refractivity contribution in [2.45, 2.75) is 19.4 Å². The molecule has 2 rings (SSSR count). The predicted octanol–water partition coefficient (Wildman–Crippen LogP) is 1.64. The smallest absolute Gasteiger partial charge is 0.146 e. The molecule has 0 aromatic carbocycles. The van der Waals surface area contributed by atoms with E-state index in [2.05, 4.69) is 38.1 Å². The van der Waals surface area contributed by atoms with Crippen LogP contribution in [0, 0.1) is 5.92 Å². The highest BCUT2D eigenvalue weighted by Crippen LogP contribution is 2.34. The molecule has 3 N–H and O–H groups in total. The SMILES string of the molecule is CC1CC1Nc1ncnc(N)c1Br. The summed E-state index contributed by atoms with van der Waals surface area (Å²) < 4.78 is 0.758. The highest BCUT2D eigenvalue weighted by atomic mass is 79.9. The summed E-state index contributed by atoms with van der Waals surface area (Å²) in [6.45, 7) is 2.20. The molecule has 13 heavy (non-hydrogen) atoms. The maximum absolute atomic E-state index is 5.61. The summed E-state index contributed by atoms with van der Waals surface area (Å²) in [7, 11) is 0. The van der Waals surface area contributed by atoms with Crippen molar-refractivity contribution in [1.29, 1.82) is 0 Å². The number of halogens is 1. The van der Waals surface area contributed by atoms with E-state index in [9.17, 15) is 0 Å². The average Bonchev–Trinajstić information content (AvgIpc) is 2.77. The molecule has 1 heterocycles. The van der Waals surface area contributed by atoms with Crippen LogP contribution >= 0.6 is 15.9 Å². The van der Waals surface area contributed by atoms with Gasteiger partial charge in [0.1, 0.15) is 22.4 Å². The first-order valence-electron chi connectivity index (χ1n) is 4.21. The lowest BCUT2D eigenvalue weighted by molar-refractivity contribution is 0.920. The first kappa shape index (κ1) is 8.74. The molecule has 70 valence electrons. The van der Waals surface area contributed by atoms with Crippen LogP contribution in [-0.2, 0) is 0 Å². The van der Waals surface area contributed by atoms with Crippen molar-refractivity contribution in [3.63, 3.8) is 0 Å². The van der Waals surface area contributed by atoms with Crippen LogP contribution in [0.4, 0.5) is 11.6 Å². The van der Waals surface area contributed by atoms with Crippen LogP contribution in [0.3, 0.4) is 0 Å². The van der Waals surface area contributed by atoms with E-state index < -0.39 is 0 Å². The lowest BCUT2D eigenvalue weighted by Gasteiger charge is -2.06. The van der Waals surface area contributed by atoms with Crippen LogP contribution in [0.2, 0.25) is 0 Å². The lowest BCUT2D eigenvalue weighted by Crippen LogP contribution is -2.07. The molecule has 5 heteroatoms. The molecular formula is C8H11BrN4. The lowest BCUT2D eigenvalue weighted by atomic mass is 10.4. The monoisotopic (exact) mass is 242 g/mol. The van der Waals surface area contributed by atoms with Gasteiger partial charge in [-0.05, 0) is 28.3 Å². The Kier molecular flexibility index (Phi) is 2.11. The number of nitrogen functional groups attached to an aromatic ring is 1. The van der Waals surface area contributed by atoms with Gasteiger partial charge in [0.25, 0.3) is 0 Å². The fraction of sp³-hybridized carbons (Fsp3) is 0.500. The molecule has 2 atom stereocenters. The van der Waals surface area contributed by atoms with Gasteiger partial charge in [0.15, 0.2) is 0 Å². The minimum Gasteiger partial charge on any atom is -0.383 e. The van der Waals surface area contributed by atoms with E-state index in [0.29, 0.717) is 11.9 Å². The Morgan fingerprint density at radius 1 is 1.62 bits per heavy atom. The summed E-state index contributed by atoms with van der Waals surface area (Å²) in [5, 5.41) is 3.30. The van der Waals surface area contributed by atoms with Gasteiger partial charge in [-0.2, -0.15) is 0 Å². The molecule has 0 radical (unpaired) electrons. The zero-order valence-corrected chi connectivity index (χ0v) is 8.87. The molecule has 1 saturated carbocycles. The molecular weight excluding hydrogens is 232 g/mol. The van der Waals surface area contributed by atoms with E-state index >= 15 is 0 Å². The molecule has 1 aliphatic rings. The largest absolute Gasteiger partial charge is 0.383 e. The molecule has 4 nitrogen and oxygen atoms in total. The number of nitrogens with one attached hydrogen (secondary N) is 1. The van der Waals surface area contributed by atoms with Gasteiger partial charge >= 0.3 is 0 Å². The number of hydrogen-bond donors (Lipinski definition) is 2. The number of nitrogens with zero attached hydrogens (tertiary/aromatic N) is 2. The number of aromatic nitrogens is 2. The molecule has 0 aliphatic heterocycles. The van der Waals surface area contributed by atoms with Crippen LogP contribution in [-0.4, -0.2) is 16.0 Å². The van der Waals surface area contributed by atoms with Crippen molar-refractivity contribution in [1.82, 2.24) is 9.97 Å². The van der Waals surface area contributed by atoms with Crippen molar-refractivity contribution >= 4 is 27.6 Å². The topological polar surface area (TPSA) is 63.8 Å². The number of rotatable bonds is 2. The van der Waals surface area contributed by atoms with Gasteiger partial charge in [-0.15, -0.1) is 0 Å². The van der Waals surface area contributed by atoms with Crippen molar-refractivity contribution in [3.05, 3.63) is 10.8 Å². The molecule has 0 bridgehead atoms. The molecule has 1 aromatic rings. The van der Waals surface area contributed by atoms with Gasteiger partial charge in [-0.3, -0.25) is 0 Å². The van der Waals surface area contributed by atoms with Gasteiger partial charge in [-0.25, -0.2) is 9.97 Å². The van der Waals surface area contributed by atoms with E-state index in [0.717, 1.165) is 16.2 Å². The molecule has 0 spiro atoms. The fourth-order valence-electron chi connectivity index (χ4n) is 1.18. The molecule has 2 unspecified atom stereocenters. The molecule has 0 saturated heterocycles. The van der Waals surface area contributed by atoms with Gasteiger partial charge in [0.05, 0.1) is 0 Å². The normalized spacial score (nSPS) is 25.7. The van der Waals surface area contributed by atoms with Crippen LogP contribution in [0.15, 0.2) is 10.8 Å². The second-order valence-electron chi connectivity index (χ2n) is 3.39. The predicted molar refractivity (Wildman–Crippen MR) is 55.3 cm³/mol. The highest BCUT2D eigenvalue weighted by Gasteiger charge is 2.33. The first-order chi connectivity index (χ1) is 6.18. The molecule has 0 amide bonds. The first-order valence-corrected chi connectivity index (χ1v) is 5.00. The van der Waals surface area contributed by atoms with E-state index in [4.69, 9.17) is 5.73 Å². The van der Waals surface area contributed by atoms with E-state index in [1.54, 1.807) is 0 Å². The third-order valence-electron chi connectivity index (χ3n) is 2.25. The number of anilines is 2. The molecule has 1 fully saturated rings. The molecule has 1 aromatic heterocycles. The Labute approximate surface area is 85.1 Å². The van der Waals surface area contributed by atoms with Crippen molar-refractivity contribution in [3.8, 4) is 0 Å². The van der Waals surface area contributed by atoms with Crippen LogP contribution < -0.4 is 11.1 Å². The van der Waals surface area contributed by atoms with Gasteiger partial charge in [0, 0.05) is 6.04 Å². The third-order valence-corrected chi connectivity index (χ3v) is 3.03.